The molecule has 0 aromatic heterocycles. The number of hydrogen-bond acceptors (Lipinski definition) is 2. The minimum atomic E-state index is -0.212. The number of hydrogen-bond donors (Lipinski definition) is 2. The zero-order valence-corrected chi connectivity index (χ0v) is 19.0. The molecule has 0 saturated carbocycles. The lowest BCUT2D eigenvalue weighted by atomic mass is 10.0. The van der Waals surface area contributed by atoms with Gasteiger partial charge in [0.25, 0.3) is 0 Å². The monoisotopic (exact) mass is 402 g/mol. The molecule has 3 heteroatoms. The summed E-state index contributed by atoms with van der Waals surface area (Å²) >= 11 is 0. The van der Waals surface area contributed by atoms with E-state index in [4.69, 9.17) is 5.73 Å². The highest BCUT2D eigenvalue weighted by Gasteiger charge is 1.98. The van der Waals surface area contributed by atoms with E-state index in [2.05, 4.69) is 36.5 Å². The van der Waals surface area contributed by atoms with Crippen molar-refractivity contribution in [2.45, 2.75) is 116 Å². The molecule has 29 heavy (non-hydrogen) atoms. The Morgan fingerprint density at radius 2 is 1.21 bits per heavy atom. The van der Waals surface area contributed by atoms with Crippen LogP contribution in [0.2, 0.25) is 0 Å². The number of unbranched alkanes of at least 4 members (excludes halogenated alkanes) is 13. The summed E-state index contributed by atoms with van der Waals surface area (Å²) in [4.78, 5) is 10.8. The summed E-state index contributed by atoms with van der Waals surface area (Å²) in [6.07, 6.45) is 21.9. The van der Waals surface area contributed by atoms with Crippen LogP contribution in [-0.4, -0.2) is 12.5 Å². The van der Waals surface area contributed by atoms with E-state index in [1.165, 1.54) is 101 Å². The van der Waals surface area contributed by atoms with E-state index in [9.17, 15) is 4.79 Å². The second-order valence-corrected chi connectivity index (χ2v) is 8.54. The highest BCUT2D eigenvalue weighted by Crippen LogP contribution is 2.14. The quantitative estimate of drug-likeness (QED) is 0.223. The van der Waals surface area contributed by atoms with E-state index in [1.54, 1.807) is 0 Å². The van der Waals surface area contributed by atoms with Crippen molar-refractivity contribution in [2.75, 3.05) is 11.9 Å². The minimum absolute atomic E-state index is 0.212. The Balaban J connectivity index is 1.86. The van der Waals surface area contributed by atoms with E-state index in [0.29, 0.717) is 6.42 Å². The van der Waals surface area contributed by atoms with Crippen molar-refractivity contribution in [1.82, 2.24) is 0 Å². The SMILES string of the molecule is CCCCCCCCCCCCCCCCNc1ccc(CCCC(N)=O)cc1. The summed E-state index contributed by atoms with van der Waals surface area (Å²) < 4.78 is 0. The number of amides is 1. The fourth-order valence-corrected chi connectivity index (χ4v) is 3.81. The van der Waals surface area contributed by atoms with Crippen LogP contribution >= 0.6 is 0 Å². The molecule has 0 spiro atoms. The summed E-state index contributed by atoms with van der Waals surface area (Å²) in [6.45, 7) is 3.34. The van der Waals surface area contributed by atoms with E-state index in [1.807, 2.05) is 0 Å². The average Bonchev–Trinajstić information content (AvgIpc) is 2.71. The van der Waals surface area contributed by atoms with Gasteiger partial charge in [-0.3, -0.25) is 4.79 Å². The highest BCUT2D eigenvalue weighted by molar-refractivity contribution is 5.73. The number of benzene rings is 1. The maximum Gasteiger partial charge on any atom is 0.217 e. The lowest BCUT2D eigenvalue weighted by Crippen LogP contribution is -2.10. The molecule has 0 aliphatic carbocycles. The predicted molar refractivity (Wildman–Crippen MR) is 127 cm³/mol. The predicted octanol–water partition coefficient (Wildman–Crippen LogP) is 7.39. The molecule has 3 nitrogen and oxygen atoms in total. The third-order valence-electron chi connectivity index (χ3n) is 5.70. The van der Waals surface area contributed by atoms with Gasteiger partial charge in [0.1, 0.15) is 0 Å². The van der Waals surface area contributed by atoms with Gasteiger partial charge < -0.3 is 11.1 Å². The molecule has 3 N–H and O–H groups in total. The lowest BCUT2D eigenvalue weighted by molar-refractivity contribution is -0.118. The first-order chi connectivity index (χ1) is 14.2. The van der Waals surface area contributed by atoms with Crippen LogP contribution in [-0.2, 0) is 11.2 Å². The number of aryl methyl sites for hydroxylation is 1. The molecule has 0 saturated heterocycles. The molecule has 0 bridgehead atoms. The Morgan fingerprint density at radius 3 is 1.69 bits per heavy atom. The van der Waals surface area contributed by atoms with Crippen molar-refractivity contribution in [3.8, 4) is 0 Å². The number of nitrogens with two attached hydrogens (primary N) is 1. The van der Waals surface area contributed by atoms with Crippen molar-refractivity contribution in [1.29, 1.82) is 0 Å². The molecular formula is C26H46N2O. The van der Waals surface area contributed by atoms with Gasteiger partial charge in [-0.05, 0) is 37.0 Å². The Morgan fingerprint density at radius 1 is 0.724 bits per heavy atom. The van der Waals surface area contributed by atoms with Crippen LogP contribution in [0.5, 0.6) is 0 Å². The zero-order chi connectivity index (χ0) is 21.0. The third kappa shape index (κ3) is 16.0. The second kappa shape index (κ2) is 18.5. The number of carbonyl (C=O) groups excluding carboxylic acids is 1. The van der Waals surface area contributed by atoms with Gasteiger partial charge in [-0.2, -0.15) is 0 Å². The number of anilines is 1. The summed E-state index contributed by atoms with van der Waals surface area (Å²) in [6, 6.07) is 8.58. The lowest BCUT2D eigenvalue weighted by Gasteiger charge is -2.08. The molecule has 0 fully saturated rings. The first-order valence-corrected chi connectivity index (χ1v) is 12.3. The Labute approximate surface area is 180 Å². The summed E-state index contributed by atoms with van der Waals surface area (Å²) in [5, 5.41) is 3.52. The molecule has 0 radical (unpaired) electrons. The normalized spacial score (nSPS) is 10.9. The number of rotatable bonds is 20. The van der Waals surface area contributed by atoms with Gasteiger partial charge in [0.05, 0.1) is 0 Å². The summed E-state index contributed by atoms with van der Waals surface area (Å²) in [7, 11) is 0. The van der Waals surface area contributed by atoms with Gasteiger partial charge in [-0.15, -0.1) is 0 Å². The van der Waals surface area contributed by atoms with Crippen molar-refractivity contribution < 1.29 is 4.79 Å². The van der Waals surface area contributed by atoms with Gasteiger partial charge in [0.15, 0.2) is 0 Å². The molecule has 0 unspecified atom stereocenters. The summed E-state index contributed by atoms with van der Waals surface area (Å²) in [5.74, 6) is -0.212. The van der Waals surface area contributed by atoms with E-state index in [-0.39, 0.29) is 5.91 Å². The smallest absolute Gasteiger partial charge is 0.217 e. The van der Waals surface area contributed by atoms with Gasteiger partial charge in [-0.1, -0.05) is 103 Å². The third-order valence-corrected chi connectivity index (χ3v) is 5.70. The largest absolute Gasteiger partial charge is 0.385 e. The van der Waals surface area contributed by atoms with Gasteiger partial charge in [0, 0.05) is 18.7 Å². The first kappa shape index (κ1) is 25.5. The molecule has 1 rings (SSSR count). The maximum absolute atomic E-state index is 10.8. The van der Waals surface area contributed by atoms with Crippen molar-refractivity contribution in [2.24, 2.45) is 5.73 Å². The van der Waals surface area contributed by atoms with E-state index in [0.717, 1.165) is 19.4 Å². The van der Waals surface area contributed by atoms with Crippen molar-refractivity contribution in [3.63, 3.8) is 0 Å². The van der Waals surface area contributed by atoms with Gasteiger partial charge >= 0.3 is 0 Å². The molecule has 0 aliphatic rings. The molecule has 1 amide bonds. The van der Waals surface area contributed by atoms with Crippen molar-refractivity contribution in [3.05, 3.63) is 29.8 Å². The van der Waals surface area contributed by atoms with Crippen LogP contribution in [0.15, 0.2) is 24.3 Å². The number of primary amides is 1. The summed E-state index contributed by atoms with van der Waals surface area (Å²) in [5.41, 5.74) is 7.64. The average molecular weight is 403 g/mol. The Hall–Kier alpha value is -1.51. The van der Waals surface area contributed by atoms with Gasteiger partial charge in [0.2, 0.25) is 5.91 Å². The van der Waals surface area contributed by atoms with Crippen LogP contribution in [0.1, 0.15) is 115 Å². The Bertz CT molecular complexity index is 498. The first-order valence-electron chi connectivity index (χ1n) is 12.3. The van der Waals surface area contributed by atoms with Crippen LogP contribution in [0.3, 0.4) is 0 Å². The molecule has 0 atom stereocenters. The van der Waals surface area contributed by atoms with Crippen LogP contribution < -0.4 is 11.1 Å². The van der Waals surface area contributed by atoms with E-state index < -0.39 is 0 Å². The van der Waals surface area contributed by atoms with Crippen LogP contribution in [0, 0.1) is 0 Å². The van der Waals surface area contributed by atoms with Crippen LogP contribution in [0.25, 0.3) is 0 Å². The molecule has 166 valence electrons. The fourth-order valence-electron chi connectivity index (χ4n) is 3.81. The fraction of sp³-hybridized carbons (Fsp3) is 0.731. The Kier molecular flexibility index (Phi) is 16.3. The number of nitrogens with one attached hydrogen (secondary N) is 1. The zero-order valence-electron chi connectivity index (χ0n) is 19.0. The standard InChI is InChI=1S/C26H46N2O/c1-2-3-4-5-6-7-8-9-10-11-12-13-14-15-23-28-25-21-19-24(20-22-25)17-16-18-26(27)29/h19-22,28H,2-18,23H2,1H3,(H2,27,29). The highest BCUT2D eigenvalue weighted by atomic mass is 16.1. The topological polar surface area (TPSA) is 55.1 Å². The van der Waals surface area contributed by atoms with Crippen molar-refractivity contribution >= 4 is 11.6 Å². The van der Waals surface area contributed by atoms with Crippen LogP contribution in [0.4, 0.5) is 5.69 Å². The van der Waals surface area contributed by atoms with E-state index >= 15 is 0 Å². The van der Waals surface area contributed by atoms with Gasteiger partial charge in [-0.25, -0.2) is 0 Å². The maximum atomic E-state index is 10.8. The molecular weight excluding hydrogens is 356 g/mol. The molecule has 1 aromatic carbocycles. The number of carbonyl (C=O) groups is 1. The molecule has 1 aromatic rings. The second-order valence-electron chi connectivity index (χ2n) is 8.54. The molecule has 0 heterocycles. The molecule has 0 aliphatic heterocycles. The minimum Gasteiger partial charge on any atom is -0.385 e.